The molecular formula is C21H27N3O2S. The number of likely N-dealkylation sites (tertiary alicyclic amines) is 1. The fraction of sp³-hybridized carbons (Fsp3) is 0.524. The highest BCUT2D eigenvalue weighted by molar-refractivity contribution is 7.11. The van der Waals surface area contributed by atoms with E-state index in [4.69, 9.17) is 9.72 Å². The van der Waals surface area contributed by atoms with Gasteiger partial charge in [-0.2, -0.15) is 0 Å². The first kappa shape index (κ1) is 18.4. The number of nitrogens with zero attached hydrogens (tertiary/aromatic N) is 3. The maximum Gasteiger partial charge on any atom is 0.410 e. The van der Waals surface area contributed by atoms with Gasteiger partial charge in [-0.3, -0.25) is 0 Å². The molecule has 144 valence electrons. The number of carbonyl (C=O) groups is 1. The third-order valence-corrected chi connectivity index (χ3v) is 6.87. The second kappa shape index (κ2) is 8.40. The Morgan fingerprint density at radius 3 is 2.67 bits per heavy atom. The number of likely N-dealkylation sites (N-methyl/N-ethyl adjacent to an activating group) is 1. The number of amides is 1. The van der Waals surface area contributed by atoms with E-state index >= 15 is 0 Å². The Morgan fingerprint density at radius 1 is 1.15 bits per heavy atom. The van der Waals surface area contributed by atoms with E-state index in [2.05, 4.69) is 11.9 Å². The molecule has 3 heterocycles. The van der Waals surface area contributed by atoms with Crippen LogP contribution in [-0.4, -0.2) is 54.1 Å². The second-order valence-corrected chi connectivity index (χ2v) is 8.64. The zero-order chi connectivity index (χ0) is 18.6. The van der Waals surface area contributed by atoms with Gasteiger partial charge >= 0.3 is 6.09 Å². The van der Waals surface area contributed by atoms with Crippen molar-refractivity contribution in [3.63, 3.8) is 0 Å². The highest BCUT2D eigenvalue weighted by Crippen LogP contribution is 2.34. The van der Waals surface area contributed by atoms with E-state index in [0.29, 0.717) is 12.5 Å². The molecule has 27 heavy (non-hydrogen) atoms. The molecule has 1 amide bonds. The zero-order valence-corrected chi connectivity index (χ0v) is 16.7. The van der Waals surface area contributed by atoms with E-state index in [1.54, 1.807) is 0 Å². The van der Waals surface area contributed by atoms with Gasteiger partial charge in [-0.05, 0) is 31.9 Å². The molecule has 1 aromatic heterocycles. The summed E-state index contributed by atoms with van der Waals surface area (Å²) in [6.07, 6.45) is 3.94. The third-order valence-electron chi connectivity index (χ3n) is 5.55. The molecule has 4 rings (SSSR count). The molecule has 1 saturated heterocycles. The molecule has 5 nitrogen and oxygen atoms in total. The van der Waals surface area contributed by atoms with E-state index < -0.39 is 0 Å². The maximum atomic E-state index is 12.3. The van der Waals surface area contributed by atoms with Crippen molar-refractivity contribution in [1.82, 2.24) is 14.8 Å². The lowest BCUT2D eigenvalue weighted by atomic mass is 9.98. The fourth-order valence-electron chi connectivity index (χ4n) is 3.79. The van der Waals surface area contributed by atoms with Crippen LogP contribution in [0.4, 0.5) is 4.79 Å². The van der Waals surface area contributed by atoms with Gasteiger partial charge in [-0.15, -0.1) is 11.3 Å². The average molecular weight is 386 g/mol. The Balaban J connectivity index is 1.29. The van der Waals surface area contributed by atoms with Crippen molar-refractivity contribution in [2.24, 2.45) is 0 Å². The van der Waals surface area contributed by atoms with Crippen LogP contribution in [0.15, 0.2) is 30.3 Å². The van der Waals surface area contributed by atoms with Gasteiger partial charge in [0.05, 0.1) is 10.7 Å². The first-order valence-electron chi connectivity index (χ1n) is 9.81. The molecule has 0 radical (unpaired) electrons. The molecule has 0 spiro atoms. The molecule has 0 saturated carbocycles. The van der Waals surface area contributed by atoms with Crippen LogP contribution >= 0.6 is 11.3 Å². The second-order valence-electron chi connectivity index (χ2n) is 7.53. The van der Waals surface area contributed by atoms with Gasteiger partial charge in [0, 0.05) is 43.4 Å². The van der Waals surface area contributed by atoms with Crippen LogP contribution < -0.4 is 0 Å². The quantitative estimate of drug-likeness (QED) is 0.808. The van der Waals surface area contributed by atoms with Crippen molar-refractivity contribution in [2.75, 3.05) is 33.2 Å². The lowest BCUT2D eigenvalue weighted by Gasteiger charge is -2.30. The number of piperidine rings is 1. The van der Waals surface area contributed by atoms with E-state index in [1.807, 2.05) is 46.6 Å². The summed E-state index contributed by atoms with van der Waals surface area (Å²) in [6.45, 7) is 4.08. The largest absolute Gasteiger partial charge is 0.445 e. The van der Waals surface area contributed by atoms with Gasteiger partial charge < -0.3 is 14.5 Å². The molecule has 2 aliphatic heterocycles. The summed E-state index contributed by atoms with van der Waals surface area (Å²) in [5.41, 5.74) is 2.33. The number of hydrogen-bond acceptors (Lipinski definition) is 5. The van der Waals surface area contributed by atoms with Gasteiger partial charge in [0.2, 0.25) is 0 Å². The van der Waals surface area contributed by atoms with Gasteiger partial charge in [0.1, 0.15) is 6.61 Å². The number of thiazole rings is 1. The van der Waals surface area contributed by atoms with Gasteiger partial charge in [0.15, 0.2) is 0 Å². The highest BCUT2D eigenvalue weighted by Gasteiger charge is 2.28. The predicted molar refractivity (Wildman–Crippen MR) is 107 cm³/mol. The monoisotopic (exact) mass is 385 g/mol. The third kappa shape index (κ3) is 4.50. The summed E-state index contributed by atoms with van der Waals surface area (Å²) in [7, 11) is 2.18. The van der Waals surface area contributed by atoms with Crippen LogP contribution in [0, 0.1) is 0 Å². The lowest BCUT2D eigenvalue weighted by molar-refractivity contribution is 0.0870. The van der Waals surface area contributed by atoms with Crippen LogP contribution in [-0.2, 0) is 24.2 Å². The van der Waals surface area contributed by atoms with Crippen molar-refractivity contribution < 1.29 is 9.53 Å². The molecule has 0 unspecified atom stereocenters. The van der Waals surface area contributed by atoms with Crippen LogP contribution in [0.25, 0.3) is 0 Å². The number of ether oxygens (including phenoxy) is 1. The molecule has 0 N–H and O–H groups in total. The Kier molecular flexibility index (Phi) is 5.74. The van der Waals surface area contributed by atoms with Crippen molar-refractivity contribution in [2.45, 2.75) is 38.2 Å². The van der Waals surface area contributed by atoms with Crippen LogP contribution in [0.3, 0.4) is 0 Å². The summed E-state index contributed by atoms with van der Waals surface area (Å²) in [5.74, 6) is 0.484. The summed E-state index contributed by atoms with van der Waals surface area (Å²) in [6, 6.07) is 9.84. The molecule has 0 atom stereocenters. The Hall–Kier alpha value is -1.92. The summed E-state index contributed by atoms with van der Waals surface area (Å²) >= 11 is 1.90. The standard InChI is InChI=1S/C21H27N3O2S/c1-23-11-9-18-19(10-12-23)27-20(22-18)17-7-13-24(14-8-17)21(25)26-15-16-5-3-2-4-6-16/h2-6,17H,7-15H2,1H3. The van der Waals surface area contributed by atoms with Crippen LogP contribution in [0.5, 0.6) is 0 Å². The number of aromatic nitrogens is 1. The van der Waals surface area contributed by atoms with Crippen molar-refractivity contribution in [3.8, 4) is 0 Å². The Labute approximate surface area is 165 Å². The van der Waals surface area contributed by atoms with E-state index in [-0.39, 0.29) is 6.09 Å². The predicted octanol–water partition coefficient (Wildman–Crippen LogP) is 3.69. The molecule has 2 aliphatic rings. The van der Waals surface area contributed by atoms with Crippen molar-refractivity contribution >= 4 is 17.4 Å². The van der Waals surface area contributed by atoms with Crippen molar-refractivity contribution in [1.29, 1.82) is 0 Å². The SMILES string of the molecule is CN1CCc2nc(C3CCN(C(=O)OCc4ccccc4)CC3)sc2CC1. The first-order valence-corrected chi connectivity index (χ1v) is 10.6. The summed E-state index contributed by atoms with van der Waals surface area (Å²) in [4.78, 5) is 23.0. The number of hydrogen-bond donors (Lipinski definition) is 0. The average Bonchev–Trinajstić information content (AvgIpc) is 3.05. The Bertz CT molecular complexity index is 743. The Morgan fingerprint density at radius 2 is 1.89 bits per heavy atom. The fourth-order valence-corrected chi connectivity index (χ4v) is 5.06. The van der Waals surface area contributed by atoms with E-state index in [0.717, 1.165) is 57.4 Å². The number of benzene rings is 1. The highest BCUT2D eigenvalue weighted by atomic mass is 32.1. The van der Waals surface area contributed by atoms with E-state index in [1.165, 1.54) is 15.6 Å². The minimum absolute atomic E-state index is 0.199. The number of fused-ring (bicyclic) bond motifs is 1. The zero-order valence-electron chi connectivity index (χ0n) is 15.9. The molecule has 1 aromatic carbocycles. The lowest BCUT2D eigenvalue weighted by Crippen LogP contribution is -2.38. The normalized spacial score (nSPS) is 18.8. The molecule has 2 aromatic rings. The molecule has 6 heteroatoms. The molecule has 0 aliphatic carbocycles. The number of carbonyl (C=O) groups excluding carboxylic acids is 1. The smallest absolute Gasteiger partial charge is 0.410 e. The topological polar surface area (TPSA) is 45.7 Å². The van der Waals surface area contributed by atoms with Gasteiger partial charge in [-0.25, -0.2) is 9.78 Å². The minimum Gasteiger partial charge on any atom is -0.445 e. The van der Waals surface area contributed by atoms with Crippen LogP contribution in [0.2, 0.25) is 0 Å². The first-order chi connectivity index (χ1) is 13.2. The molecular weight excluding hydrogens is 358 g/mol. The van der Waals surface area contributed by atoms with Gasteiger partial charge in [-0.1, -0.05) is 30.3 Å². The molecule has 0 bridgehead atoms. The summed E-state index contributed by atoms with van der Waals surface area (Å²) < 4.78 is 5.47. The number of rotatable bonds is 3. The maximum absolute atomic E-state index is 12.3. The van der Waals surface area contributed by atoms with Gasteiger partial charge in [0.25, 0.3) is 0 Å². The van der Waals surface area contributed by atoms with Crippen LogP contribution in [0.1, 0.15) is 39.9 Å². The molecule has 1 fully saturated rings. The minimum atomic E-state index is -0.199. The van der Waals surface area contributed by atoms with E-state index in [9.17, 15) is 4.79 Å². The van der Waals surface area contributed by atoms with Crippen molar-refractivity contribution in [3.05, 3.63) is 51.5 Å². The summed E-state index contributed by atoms with van der Waals surface area (Å²) in [5, 5.41) is 1.28.